The third kappa shape index (κ3) is 3.46. The Bertz CT molecular complexity index is 206. The minimum Gasteiger partial charge on any atom is -0.375 e. The number of rotatable bonds is 0. The van der Waals surface area contributed by atoms with Crippen molar-refractivity contribution in [3.63, 3.8) is 0 Å². The fourth-order valence-electron chi connectivity index (χ4n) is 2.60. The molecule has 0 aromatic rings. The Balaban J connectivity index is 0.000000180. The van der Waals surface area contributed by atoms with Crippen molar-refractivity contribution in [3.8, 4) is 0 Å². The molecule has 2 saturated heterocycles. The molecular weight excluding hydrogens is 228 g/mol. The second-order valence-electron chi connectivity index (χ2n) is 6.21. The van der Waals surface area contributed by atoms with Crippen molar-refractivity contribution in [2.24, 2.45) is 23.7 Å². The molecule has 0 amide bonds. The molecule has 18 heavy (non-hydrogen) atoms. The van der Waals surface area contributed by atoms with E-state index in [9.17, 15) is 0 Å². The van der Waals surface area contributed by atoms with Crippen LogP contribution in [0.15, 0.2) is 0 Å². The molecule has 0 aromatic carbocycles. The number of aliphatic hydroxyl groups is 1. The van der Waals surface area contributed by atoms with Crippen LogP contribution in [-0.2, 0) is 9.47 Å². The van der Waals surface area contributed by atoms with Crippen LogP contribution < -0.4 is 0 Å². The summed E-state index contributed by atoms with van der Waals surface area (Å²) in [5.74, 6) is 2.25. The predicted molar refractivity (Wildman–Crippen MR) is 73.2 cm³/mol. The lowest BCUT2D eigenvalue weighted by Crippen LogP contribution is -2.14. The van der Waals surface area contributed by atoms with E-state index < -0.39 is 6.29 Å². The summed E-state index contributed by atoms with van der Waals surface area (Å²) in [5, 5.41) is 9.12. The first-order chi connectivity index (χ1) is 8.25. The summed E-state index contributed by atoms with van der Waals surface area (Å²) in [4.78, 5) is 0. The van der Waals surface area contributed by atoms with Gasteiger partial charge in [0.15, 0.2) is 6.29 Å². The van der Waals surface area contributed by atoms with Crippen molar-refractivity contribution in [2.75, 3.05) is 0 Å². The van der Waals surface area contributed by atoms with Gasteiger partial charge in [-0.2, -0.15) is 0 Å². The van der Waals surface area contributed by atoms with Gasteiger partial charge in [-0.25, -0.2) is 0 Å². The minimum atomic E-state index is -0.532. The maximum absolute atomic E-state index is 9.12. The molecule has 1 N–H and O–H groups in total. The van der Waals surface area contributed by atoms with Gasteiger partial charge in [0, 0.05) is 5.92 Å². The Labute approximate surface area is 112 Å². The van der Waals surface area contributed by atoms with Crippen LogP contribution in [0, 0.1) is 23.7 Å². The Kier molecular flexibility index (Phi) is 5.63. The van der Waals surface area contributed by atoms with Gasteiger partial charge in [0.25, 0.3) is 0 Å². The molecule has 3 heteroatoms. The van der Waals surface area contributed by atoms with Gasteiger partial charge in [-0.05, 0) is 38.5 Å². The van der Waals surface area contributed by atoms with Crippen molar-refractivity contribution in [2.45, 2.75) is 73.1 Å². The monoisotopic (exact) mass is 258 g/mol. The summed E-state index contributed by atoms with van der Waals surface area (Å²) in [6, 6.07) is 0. The van der Waals surface area contributed by atoms with E-state index in [1.165, 1.54) is 0 Å². The first-order valence-corrected chi connectivity index (χ1v) is 7.24. The zero-order valence-corrected chi connectivity index (χ0v) is 12.9. The van der Waals surface area contributed by atoms with E-state index in [4.69, 9.17) is 14.6 Å². The molecule has 2 rings (SSSR count). The Morgan fingerprint density at radius 3 is 1.00 bits per heavy atom. The molecule has 2 heterocycles. The molecule has 2 aliphatic heterocycles. The van der Waals surface area contributed by atoms with Gasteiger partial charge >= 0.3 is 0 Å². The Morgan fingerprint density at radius 1 is 0.556 bits per heavy atom. The van der Waals surface area contributed by atoms with E-state index in [0.29, 0.717) is 24.0 Å². The highest BCUT2D eigenvalue weighted by Gasteiger charge is 2.34. The van der Waals surface area contributed by atoms with Crippen LogP contribution in [0.3, 0.4) is 0 Å². The van der Waals surface area contributed by atoms with Crippen LogP contribution in [0.5, 0.6) is 0 Å². The van der Waals surface area contributed by atoms with Crippen molar-refractivity contribution >= 4 is 0 Å². The average molecular weight is 258 g/mol. The van der Waals surface area contributed by atoms with E-state index in [1.54, 1.807) is 0 Å². The fourth-order valence-corrected chi connectivity index (χ4v) is 2.60. The molecule has 0 saturated carbocycles. The normalized spacial score (nSPS) is 52.0. The first kappa shape index (κ1) is 15.9. The Morgan fingerprint density at radius 2 is 0.889 bits per heavy atom. The quantitative estimate of drug-likeness (QED) is 0.726. The number of ether oxygens (including phenoxy) is 2. The molecule has 108 valence electrons. The zero-order chi connectivity index (χ0) is 14.0. The molecular formula is C15H30O3. The van der Waals surface area contributed by atoms with Gasteiger partial charge in [0.2, 0.25) is 0 Å². The number of hydrogen-bond donors (Lipinski definition) is 1. The summed E-state index contributed by atoms with van der Waals surface area (Å²) in [6.07, 6.45) is 0.620. The maximum Gasteiger partial charge on any atom is 0.157 e. The zero-order valence-electron chi connectivity index (χ0n) is 12.9. The van der Waals surface area contributed by atoms with Crippen molar-refractivity contribution in [3.05, 3.63) is 0 Å². The fraction of sp³-hybridized carbons (Fsp3) is 1.00. The molecule has 8 unspecified atom stereocenters. The maximum atomic E-state index is 9.12. The van der Waals surface area contributed by atoms with Crippen LogP contribution in [0.2, 0.25) is 0 Å². The number of hydrogen-bond acceptors (Lipinski definition) is 3. The highest BCUT2D eigenvalue weighted by Crippen LogP contribution is 2.31. The highest BCUT2D eigenvalue weighted by molar-refractivity contribution is 4.80. The topological polar surface area (TPSA) is 38.7 Å². The van der Waals surface area contributed by atoms with Gasteiger partial charge in [-0.3, -0.25) is 0 Å². The second kappa shape index (κ2) is 6.36. The van der Waals surface area contributed by atoms with Crippen molar-refractivity contribution < 1.29 is 14.6 Å². The highest BCUT2D eigenvalue weighted by atomic mass is 16.6. The van der Waals surface area contributed by atoms with Crippen LogP contribution in [0.4, 0.5) is 0 Å². The van der Waals surface area contributed by atoms with E-state index in [2.05, 4.69) is 34.6 Å². The lowest BCUT2D eigenvalue weighted by molar-refractivity contribution is -0.101. The van der Waals surface area contributed by atoms with Crippen LogP contribution in [0.1, 0.15) is 48.5 Å². The van der Waals surface area contributed by atoms with Gasteiger partial charge < -0.3 is 14.6 Å². The summed E-state index contributed by atoms with van der Waals surface area (Å²) in [5.41, 5.74) is 0. The lowest BCUT2D eigenvalue weighted by Gasteiger charge is -2.10. The van der Waals surface area contributed by atoms with Gasteiger partial charge in [-0.15, -0.1) is 0 Å². The summed E-state index contributed by atoms with van der Waals surface area (Å²) in [6.45, 7) is 15.0. The molecule has 0 spiro atoms. The number of aliphatic hydroxyl groups excluding tert-OH is 1. The lowest BCUT2D eigenvalue weighted by atomic mass is 9.92. The smallest absolute Gasteiger partial charge is 0.157 e. The van der Waals surface area contributed by atoms with Crippen LogP contribution >= 0.6 is 0 Å². The molecule has 0 bridgehead atoms. The SMILES string of the molecule is CC1OC(C)C(C)C1C.CC1OC(O)C(C)C1C. The van der Waals surface area contributed by atoms with Crippen molar-refractivity contribution in [1.29, 1.82) is 0 Å². The molecule has 2 fully saturated rings. The third-order valence-electron chi connectivity index (χ3n) is 5.11. The molecule has 0 radical (unpaired) electrons. The van der Waals surface area contributed by atoms with Gasteiger partial charge in [-0.1, -0.05) is 27.7 Å². The standard InChI is InChI=1S/C8H16O.C7H14O2/c1-5-6(2)8(4)9-7(5)3;1-4-5(2)7(8)9-6(4)3/h5-8H,1-4H3;4-8H,1-3H3. The van der Waals surface area contributed by atoms with Gasteiger partial charge in [0.1, 0.15) is 0 Å². The molecule has 0 aromatic heterocycles. The van der Waals surface area contributed by atoms with Gasteiger partial charge in [0.05, 0.1) is 18.3 Å². The summed E-state index contributed by atoms with van der Waals surface area (Å²) >= 11 is 0. The summed E-state index contributed by atoms with van der Waals surface area (Å²) < 4.78 is 10.7. The van der Waals surface area contributed by atoms with E-state index in [1.807, 2.05) is 13.8 Å². The molecule has 0 aliphatic carbocycles. The molecule has 2 aliphatic rings. The second-order valence-corrected chi connectivity index (χ2v) is 6.21. The summed E-state index contributed by atoms with van der Waals surface area (Å²) in [7, 11) is 0. The van der Waals surface area contributed by atoms with Crippen LogP contribution in [-0.4, -0.2) is 29.7 Å². The molecule has 8 atom stereocenters. The largest absolute Gasteiger partial charge is 0.375 e. The Hall–Kier alpha value is -0.120. The van der Waals surface area contributed by atoms with E-state index in [-0.39, 0.29) is 6.10 Å². The van der Waals surface area contributed by atoms with E-state index >= 15 is 0 Å². The molecule has 3 nitrogen and oxygen atoms in total. The van der Waals surface area contributed by atoms with E-state index in [0.717, 1.165) is 11.8 Å². The predicted octanol–water partition coefficient (Wildman–Crippen LogP) is 3.06. The third-order valence-corrected chi connectivity index (χ3v) is 5.11. The van der Waals surface area contributed by atoms with Crippen LogP contribution in [0.25, 0.3) is 0 Å². The average Bonchev–Trinajstić information content (AvgIpc) is 2.66. The van der Waals surface area contributed by atoms with Crippen molar-refractivity contribution in [1.82, 2.24) is 0 Å². The first-order valence-electron chi connectivity index (χ1n) is 7.24. The minimum absolute atomic E-state index is 0.218.